The van der Waals surface area contributed by atoms with E-state index >= 15 is 0 Å². The molecular formula is C14H24N2O2S. The molecule has 0 fully saturated rings. The molecule has 1 amide bonds. The van der Waals surface area contributed by atoms with E-state index in [-0.39, 0.29) is 5.91 Å². The molecule has 0 heterocycles. The zero-order valence-corrected chi connectivity index (χ0v) is 13.2. The van der Waals surface area contributed by atoms with Crippen molar-refractivity contribution in [2.24, 2.45) is 5.18 Å². The first-order chi connectivity index (χ1) is 9.22. The van der Waals surface area contributed by atoms with Crippen molar-refractivity contribution in [1.82, 2.24) is 0 Å². The molecule has 0 atom stereocenters. The number of nitrogens with one attached hydrogen (secondary N) is 1. The summed E-state index contributed by atoms with van der Waals surface area (Å²) in [7, 11) is 0. The molecule has 0 aliphatic heterocycles. The van der Waals surface area contributed by atoms with Gasteiger partial charge in [-0.1, -0.05) is 32.9 Å². The van der Waals surface area contributed by atoms with Gasteiger partial charge in [0.2, 0.25) is 5.91 Å². The van der Waals surface area contributed by atoms with Gasteiger partial charge in [-0.05, 0) is 24.3 Å². The average Bonchev–Trinajstić information content (AvgIpc) is 2.45. The Hall–Kier alpha value is -1.36. The number of carbonyl (C=O) groups excluding carboxylic acids is 1. The van der Waals surface area contributed by atoms with E-state index in [0.29, 0.717) is 12.3 Å². The van der Waals surface area contributed by atoms with Crippen LogP contribution < -0.4 is 5.32 Å². The van der Waals surface area contributed by atoms with Crippen molar-refractivity contribution < 1.29 is 4.79 Å². The highest BCUT2D eigenvalue weighted by Gasteiger charge is 1.96. The van der Waals surface area contributed by atoms with Crippen LogP contribution >= 0.6 is 11.8 Å². The second kappa shape index (κ2) is 14.7. The van der Waals surface area contributed by atoms with Gasteiger partial charge < -0.3 is 5.32 Å². The molecule has 0 saturated carbocycles. The van der Waals surface area contributed by atoms with E-state index in [1.807, 2.05) is 52.0 Å². The minimum atomic E-state index is -0.0828. The first-order valence-corrected chi connectivity index (χ1v) is 7.50. The zero-order valence-electron chi connectivity index (χ0n) is 12.4. The fourth-order valence-electron chi connectivity index (χ4n) is 1.04. The number of carbonyl (C=O) groups is 1. The maximum atomic E-state index is 10.7. The maximum absolute atomic E-state index is 10.7. The molecule has 0 radical (unpaired) electrons. The Morgan fingerprint density at radius 3 is 2.11 bits per heavy atom. The van der Waals surface area contributed by atoms with Crippen LogP contribution in [0.5, 0.6) is 0 Å². The normalized spacial score (nSPS) is 8.26. The molecule has 0 unspecified atom stereocenters. The number of rotatable bonds is 5. The van der Waals surface area contributed by atoms with Crippen LogP contribution in [0.25, 0.3) is 0 Å². The van der Waals surface area contributed by atoms with Crippen LogP contribution in [0.3, 0.4) is 0 Å². The third-order valence-corrected chi connectivity index (χ3v) is 2.62. The summed E-state index contributed by atoms with van der Waals surface area (Å²) in [6.07, 6.45) is 0. The first kappa shape index (κ1) is 20.0. The van der Waals surface area contributed by atoms with Gasteiger partial charge in [-0.3, -0.25) is 4.79 Å². The summed E-state index contributed by atoms with van der Waals surface area (Å²) in [6, 6.07) is 7.47. The van der Waals surface area contributed by atoms with Gasteiger partial charge in [0.15, 0.2) is 0 Å². The van der Waals surface area contributed by atoms with Crippen LogP contribution in [0.2, 0.25) is 0 Å². The van der Waals surface area contributed by atoms with Crippen molar-refractivity contribution in [3.63, 3.8) is 0 Å². The highest BCUT2D eigenvalue weighted by molar-refractivity contribution is 7.99. The minimum absolute atomic E-state index is 0.0828. The van der Waals surface area contributed by atoms with Gasteiger partial charge >= 0.3 is 0 Å². The van der Waals surface area contributed by atoms with E-state index < -0.39 is 0 Å². The number of benzene rings is 1. The number of amides is 1. The van der Waals surface area contributed by atoms with E-state index in [0.717, 1.165) is 10.6 Å². The quantitative estimate of drug-likeness (QED) is 0.490. The van der Waals surface area contributed by atoms with Crippen LogP contribution in [0.15, 0.2) is 34.3 Å². The molecule has 5 heteroatoms. The highest BCUT2D eigenvalue weighted by atomic mass is 32.2. The molecule has 0 aliphatic carbocycles. The molecule has 0 aliphatic rings. The lowest BCUT2D eigenvalue weighted by molar-refractivity contribution is -0.114. The van der Waals surface area contributed by atoms with Crippen LogP contribution in [0.4, 0.5) is 5.69 Å². The lowest BCUT2D eigenvalue weighted by Crippen LogP contribution is -2.05. The summed E-state index contributed by atoms with van der Waals surface area (Å²) >= 11 is 1.57. The number of anilines is 1. The second-order valence-electron chi connectivity index (χ2n) is 2.91. The number of nitroso groups, excluding NO2 is 1. The Morgan fingerprint density at radius 2 is 1.68 bits per heavy atom. The summed E-state index contributed by atoms with van der Waals surface area (Å²) in [5.74, 6) is 0.601. The van der Waals surface area contributed by atoms with Crippen LogP contribution in [-0.2, 0) is 4.79 Å². The predicted molar refractivity (Wildman–Crippen MR) is 84.8 cm³/mol. The van der Waals surface area contributed by atoms with E-state index in [1.54, 1.807) is 11.8 Å². The molecule has 0 bridgehead atoms. The summed E-state index contributed by atoms with van der Waals surface area (Å²) in [4.78, 5) is 21.7. The molecule has 1 aromatic rings. The molecule has 0 saturated heterocycles. The number of thioether (sulfide) groups is 1. The maximum Gasteiger partial charge on any atom is 0.221 e. The van der Waals surface area contributed by atoms with E-state index in [1.165, 1.54) is 6.92 Å². The Bertz CT molecular complexity index is 340. The topological polar surface area (TPSA) is 58.5 Å². The third-order valence-electron chi connectivity index (χ3n) is 1.63. The van der Waals surface area contributed by atoms with Gasteiger partial charge in [0.25, 0.3) is 0 Å². The zero-order chi connectivity index (χ0) is 15.1. The van der Waals surface area contributed by atoms with Gasteiger partial charge in [-0.2, -0.15) is 4.91 Å². The molecule has 4 nitrogen and oxygen atoms in total. The fraction of sp³-hybridized carbons (Fsp3) is 0.500. The van der Waals surface area contributed by atoms with Gasteiger partial charge in [0.1, 0.15) is 0 Å². The molecule has 108 valence electrons. The van der Waals surface area contributed by atoms with Gasteiger partial charge in [-0.25, -0.2) is 0 Å². The van der Waals surface area contributed by atoms with Crippen molar-refractivity contribution in [2.75, 3.05) is 17.6 Å². The Kier molecular flexibility index (Phi) is 15.4. The lowest BCUT2D eigenvalue weighted by Gasteiger charge is -2.03. The lowest BCUT2D eigenvalue weighted by atomic mass is 10.3. The molecule has 1 rings (SSSR count). The van der Waals surface area contributed by atoms with Crippen LogP contribution in [-0.4, -0.2) is 18.2 Å². The highest BCUT2D eigenvalue weighted by Crippen LogP contribution is 2.19. The molecule has 19 heavy (non-hydrogen) atoms. The summed E-state index contributed by atoms with van der Waals surface area (Å²) < 4.78 is 0. The fourth-order valence-corrected chi connectivity index (χ4v) is 1.77. The van der Waals surface area contributed by atoms with E-state index in [4.69, 9.17) is 0 Å². The van der Waals surface area contributed by atoms with E-state index in [2.05, 4.69) is 10.5 Å². The summed E-state index contributed by atoms with van der Waals surface area (Å²) in [6.45, 7) is 9.79. The molecule has 1 aromatic carbocycles. The smallest absolute Gasteiger partial charge is 0.221 e. The van der Waals surface area contributed by atoms with Crippen molar-refractivity contribution in [1.29, 1.82) is 0 Å². The minimum Gasteiger partial charge on any atom is -0.326 e. The Balaban J connectivity index is 0. The molecule has 1 N–H and O–H groups in total. The average molecular weight is 284 g/mol. The largest absolute Gasteiger partial charge is 0.326 e. The monoisotopic (exact) mass is 284 g/mol. The van der Waals surface area contributed by atoms with Crippen LogP contribution in [0.1, 0.15) is 34.6 Å². The Morgan fingerprint density at radius 1 is 1.16 bits per heavy atom. The third kappa shape index (κ3) is 11.5. The van der Waals surface area contributed by atoms with Gasteiger partial charge in [0, 0.05) is 23.3 Å². The van der Waals surface area contributed by atoms with Crippen molar-refractivity contribution in [3.8, 4) is 0 Å². The molecule has 0 spiro atoms. The Labute approximate surface area is 120 Å². The number of nitrogens with zero attached hydrogens (tertiary/aromatic N) is 1. The molecular weight excluding hydrogens is 260 g/mol. The predicted octanol–water partition coefficient (Wildman–Crippen LogP) is 4.56. The first-order valence-electron chi connectivity index (χ1n) is 6.52. The number of hydrogen-bond donors (Lipinski definition) is 1. The summed E-state index contributed by atoms with van der Waals surface area (Å²) in [5.41, 5.74) is 0.778. The second-order valence-corrected chi connectivity index (χ2v) is 4.08. The SMILES string of the molecule is CC.CC.CC(=O)Nc1ccc(SCCN=O)cc1. The van der Waals surface area contributed by atoms with Crippen molar-refractivity contribution in [3.05, 3.63) is 29.2 Å². The number of hydrogen-bond acceptors (Lipinski definition) is 4. The van der Waals surface area contributed by atoms with Crippen LogP contribution in [0, 0.1) is 4.91 Å². The molecule has 0 aromatic heterocycles. The summed E-state index contributed by atoms with van der Waals surface area (Å²) in [5, 5.41) is 5.46. The van der Waals surface area contributed by atoms with Gasteiger partial charge in [0.05, 0.1) is 6.54 Å². The van der Waals surface area contributed by atoms with Crippen molar-refractivity contribution >= 4 is 23.4 Å². The van der Waals surface area contributed by atoms with Gasteiger partial charge in [-0.15, -0.1) is 11.8 Å². The van der Waals surface area contributed by atoms with Crippen molar-refractivity contribution in [2.45, 2.75) is 39.5 Å². The van der Waals surface area contributed by atoms with E-state index in [9.17, 15) is 9.70 Å². The standard InChI is InChI=1S/C10H12N2O2S.2C2H6/c1-8(13)12-9-2-4-10(5-3-9)15-7-6-11-14;2*1-2/h2-5H,6-7H2,1H3,(H,12,13);2*1-2H3.